The van der Waals surface area contributed by atoms with Crippen molar-refractivity contribution >= 4 is 51.9 Å². The molecule has 130 valence electrons. The maximum atomic E-state index is 11.8. The Bertz CT molecular complexity index is 843. The number of amides is 1. The molecular weight excluding hydrogens is 443 g/mol. The van der Waals surface area contributed by atoms with Gasteiger partial charge in [-0.1, -0.05) is 6.07 Å². The molecule has 8 nitrogen and oxygen atoms in total. The van der Waals surface area contributed by atoms with E-state index in [9.17, 15) is 19.7 Å². The van der Waals surface area contributed by atoms with Gasteiger partial charge < -0.3 is 14.5 Å². The number of rotatable bonds is 6. The summed E-state index contributed by atoms with van der Waals surface area (Å²) in [4.78, 5) is 33.6. The van der Waals surface area contributed by atoms with Crippen LogP contribution in [0.5, 0.6) is 0 Å². The number of hydrogen-bond donors (Lipinski definition) is 1. The molecule has 0 bridgehead atoms. The van der Waals surface area contributed by atoms with Gasteiger partial charge in [-0.2, -0.15) is 0 Å². The first-order valence-electron chi connectivity index (χ1n) is 7.00. The number of nitro benzene ring substituents is 1. The molecule has 0 aliphatic carbocycles. The molecule has 1 aromatic heterocycles. The van der Waals surface area contributed by atoms with Crippen molar-refractivity contribution < 1.29 is 23.7 Å². The molecule has 1 N–H and O–H groups in total. The Labute approximate surface area is 156 Å². The second-order valence-electron chi connectivity index (χ2n) is 4.89. The molecule has 0 atom stereocenters. The molecular formula is C16H13IN2O6. The number of non-ortho nitro benzene ring substituents is 1. The third-order valence-corrected chi connectivity index (χ3v) is 3.61. The second kappa shape index (κ2) is 8.42. The summed E-state index contributed by atoms with van der Waals surface area (Å²) in [7, 11) is 0. The number of benzene rings is 1. The SMILES string of the molecule is Cc1ccc([N+](=O)[O-])cc1NC(=O)COC(=O)/C=C/c1ccc(I)o1. The van der Waals surface area contributed by atoms with Crippen molar-refractivity contribution in [3.63, 3.8) is 0 Å². The molecule has 0 saturated carbocycles. The lowest BCUT2D eigenvalue weighted by Crippen LogP contribution is -2.20. The summed E-state index contributed by atoms with van der Waals surface area (Å²) in [5, 5.41) is 13.2. The summed E-state index contributed by atoms with van der Waals surface area (Å²) in [5.41, 5.74) is 0.794. The largest absolute Gasteiger partial charge is 0.452 e. The lowest BCUT2D eigenvalue weighted by molar-refractivity contribution is -0.384. The molecule has 1 heterocycles. The van der Waals surface area contributed by atoms with Crippen molar-refractivity contribution in [1.82, 2.24) is 0 Å². The Morgan fingerprint density at radius 2 is 2.12 bits per heavy atom. The first-order chi connectivity index (χ1) is 11.8. The van der Waals surface area contributed by atoms with Crippen LogP contribution in [0.1, 0.15) is 11.3 Å². The molecule has 9 heteroatoms. The van der Waals surface area contributed by atoms with Gasteiger partial charge in [0.1, 0.15) is 5.76 Å². The van der Waals surface area contributed by atoms with Gasteiger partial charge in [0.25, 0.3) is 11.6 Å². The van der Waals surface area contributed by atoms with Gasteiger partial charge in [-0.05, 0) is 53.3 Å². The van der Waals surface area contributed by atoms with Crippen LogP contribution in [0.4, 0.5) is 11.4 Å². The van der Waals surface area contributed by atoms with E-state index in [2.05, 4.69) is 5.32 Å². The molecule has 1 amide bonds. The smallest absolute Gasteiger partial charge is 0.331 e. The summed E-state index contributed by atoms with van der Waals surface area (Å²) in [5.74, 6) is -0.826. The summed E-state index contributed by atoms with van der Waals surface area (Å²) in [6, 6.07) is 7.52. The van der Waals surface area contributed by atoms with Gasteiger partial charge in [-0.25, -0.2) is 4.79 Å². The Hall–Kier alpha value is -2.69. The summed E-state index contributed by atoms with van der Waals surface area (Å²) in [6.45, 7) is 1.18. The molecule has 2 aromatic rings. The van der Waals surface area contributed by atoms with Crippen molar-refractivity contribution in [3.8, 4) is 0 Å². The number of ether oxygens (including phenoxy) is 1. The predicted octanol–water partition coefficient (Wildman–Crippen LogP) is 3.30. The van der Waals surface area contributed by atoms with E-state index >= 15 is 0 Å². The number of halogens is 1. The Morgan fingerprint density at radius 3 is 2.76 bits per heavy atom. The van der Waals surface area contributed by atoms with Crippen molar-refractivity contribution in [2.75, 3.05) is 11.9 Å². The highest BCUT2D eigenvalue weighted by Gasteiger charge is 2.12. The standard InChI is InChI=1S/C16H13IN2O6/c1-10-2-3-11(19(22)23)8-13(10)18-15(20)9-24-16(21)7-5-12-4-6-14(17)25-12/h2-8H,9H2,1H3,(H,18,20)/b7-5+. The lowest BCUT2D eigenvalue weighted by Gasteiger charge is -2.08. The van der Waals surface area contributed by atoms with Gasteiger partial charge in [0.05, 0.1) is 10.6 Å². The number of anilines is 1. The van der Waals surface area contributed by atoms with Gasteiger partial charge in [-0.15, -0.1) is 0 Å². The Balaban J connectivity index is 1.88. The lowest BCUT2D eigenvalue weighted by atomic mass is 10.2. The van der Waals surface area contributed by atoms with Gasteiger partial charge in [-0.3, -0.25) is 14.9 Å². The van der Waals surface area contributed by atoms with E-state index in [0.717, 1.165) is 6.08 Å². The fraction of sp³-hybridized carbons (Fsp3) is 0.125. The van der Waals surface area contributed by atoms with E-state index in [4.69, 9.17) is 9.15 Å². The topological polar surface area (TPSA) is 112 Å². The minimum Gasteiger partial charge on any atom is -0.452 e. The molecule has 25 heavy (non-hydrogen) atoms. The zero-order valence-corrected chi connectivity index (χ0v) is 15.2. The second-order valence-corrected chi connectivity index (χ2v) is 5.95. The van der Waals surface area contributed by atoms with Crippen molar-refractivity contribution in [3.05, 3.63) is 61.6 Å². The molecule has 0 spiro atoms. The zero-order chi connectivity index (χ0) is 18.4. The number of furan rings is 1. The summed E-state index contributed by atoms with van der Waals surface area (Å²) < 4.78 is 10.7. The summed E-state index contributed by atoms with van der Waals surface area (Å²) >= 11 is 1.99. The van der Waals surface area contributed by atoms with Crippen molar-refractivity contribution in [1.29, 1.82) is 0 Å². The fourth-order valence-corrected chi connectivity index (χ4v) is 2.23. The van der Waals surface area contributed by atoms with Gasteiger partial charge in [0.15, 0.2) is 10.4 Å². The molecule has 1 aromatic carbocycles. The number of hydrogen-bond acceptors (Lipinski definition) is 6. The number of carbonyl (C=O) groups is 2. The molecule has 0 aliphatic rings. The third kappa shape index (κ3) is 5.71. The number of aryl methyl sites for hydroxylation is 1. The third-order valence-electron chi connectivity index (χ3n) is 3.03. The van der Waals surface area contributed by atoms with E-state index < -0.39 is 23.4 Å². The molecule has 0 aliphatic heterocycles. The maximum Gasteiger partial charge on any atom is 0.331 e. The minimum absolute atomic E-state index is 0.145. The number of nitro groups is 1. The van der Waals surface area contributed by atoms with Crippen LogP contribution in [0.3, 0.4) is 0 Å². The predicted molar refractivity (Wildman–Crippen MR) is 97.9 cm³/mol. The first-order valence-corrected chi connectivity index (χ1v) is 8.08. The number of carbonyl (C=O) groups excluding carboxylic acids is 2. The minimum atomic E-state index is -0.711. The zero-order valence-electron chi connectivity index (χ0n) is 13.0. The highest BCUT2D eigenvalue weighted by atomic mass is 127. The van der Waals surface area contributed by atoms with Crippen molar-refractivity contribution in [2.24, 2.45) is 0 Å². The normalized spacial score (nSPS) is 10.6. The van der Waals surface area contributed by atoms with Crippen molar-refractivity contribution in [2.45, 2.75) is 6.92 Å². The first kappa shape index (κ1) is 18.6. The molecule has 0 radical (unpaired) electrons. The number of nitrogens with zero attached hydrogens (tertiary/aromatic N) is 1. The fourth-order valence-electron chi connectivity index (χ4n) is 1.80. The van der Waals surface area contributed by atoms with Gasteiger partial charge in [0, 0.05) is 18.2 Å². The molecule has 2 rings (SSSR count). The average Bonchev–Trinajstić information content (AvgIpc) is 2.98. The van der Waals surface area contributed by atoms with Crippen LogP contribution < -0.4 is 5.32 Å². The molecule has 0 unspecified atom stereocenters. The number of esters is 1. The quantitative estimate of drug-likeness (QED) is 0.235. The van der Waals surface area contributed by atoms with E-state index in [1.807, 2.05) is 22.6 Å². The van der Waals surface area contributed by atoms with Crippen LogP contribution in [-0.4, -0.2) is 23.4 Å². The highest BCUT2D eigenvalue weighted by molar-refractivity contribution is 14.1. The van der Waals surface area contributed by atoms with E-state index in [-0.39, 0.29) is 11.4 Å². The van der Waals surface area contributed by atoms with Crippen LogP contribution in [0.2, 0.25) is 0 Å². The average molecular weight is 456 g/mol. The number of nitrogens with one attached hydrogen (secondary N) is 1. The molecule has 0 fully saturated rings. The van der Waals surface area contributed by atoms with Crippen LogP contribution in [0.25, 0.3) is 6.08 Å². The monoisotopic (exact) mass is 456 g/mol. The Kier molecular flexibility index (Phi) is 6.28. The maximum absolute atomic E-state index is 11.8. The van der Waals surface area contributed by atoms with E-state index in [0.29, 0.717) is 15.1 Å². The van der Waals surface area contributed by atoms with Gasteiger partial charge >= 0.3 is 5.97 Å². The van der Waals surface area contributed by atoms with Crippen LogP contribution in [0, 0.1) is 20.8 Å². The van der Waals surface area contributed by atoms with Crippen LogP contribution in [-0.2, 0) is 14.3 Å². The Morgan fingerprint density at radius 1 is 1.36 bits per heavy atom. The van der Waals surface area contributed by atoms with E-state index in [1.165, 1.54) is 24.3 Å². The summed E-state index contributed by atoms with van der Waals surface area (Å²) in [6.07, 6.45) is 2.56. The molecule has 0 saturated heterocycles. The highest BCUT2D eigenvalue weighted by Crippen LogP contribution is 2.21. The van der Waals surface area contributed by atoms with Gasteiger partial charge in [0.2, 0.25) is 0 Å². The van der Waals surface area contributed by atoms with Crippen LogP contribution >= 0.6 is 22.6 Å². The van der Waals surface area contributed by atoms with E-state index in [1.54, 1.807) is 19.1 Å². The van der Waals surface area contributed by atoms with Crippen LogP contribution in [0.15, 0.2) is 40.8 Å².